The molecule has 1 fully saturated rings. The van der Waals surface area contributed by atoms with E-state index in [-0.39, 0.29) is 0 Å². The zero-order chi connectivity index (χ0) is 14.7. The molecule has 0 aliphatic carbocycles. The molecule has 5 nitrogen and oxygen atoms in total. The minimum atomic E-state index is 0.622. The molecule has 1 aliphatic heterocycles. The summed E-state index contributed by atoms with van der Waals surface area (Å²) >= 11 is 1.50. The molecule has 2 N–H and O–H groups in total. The third-order valence-electron chi connectivity index (χ3n) is 3.87. The fourth-order valence-corrected chi connectivity index (χ4v) is 3.68. The van der Waals surface area contributed by atoms with Gasteiger partial charge < -0.3 is 10.6 Å². The first kappa shape index (κ1) is 14.3. The molecule has 3 rings (SSSR count). The highest BCUT2D eigenvalue weighted by molar-refractivity contribution is 7.11. The summed E-state index contributed by atoms with van der Waals surface area (Å²) in [7, 11) is 0. The van der Waals surface area contributed by atoms with Gasteiger partial charge in [-0.3, -0.25) is 9.88 Å². The van der Waals surface area contributed by atoms with Crippen molar-refractivity contribution < 1.29 is 0 Å². The number of nitrogen functional groups attached to an aromatic ring is 1. The van der Waals surface area contributed by atoms with E-state index < -0.39 is 0 Å². The fourth-order valence-electron chi connectivity index (χ4n) is 2.79. The molecule has 1 aliphatic rings. The van der Waals surface area contributed by atoms with Crippen molar-refractivity contribution in [3.63, 3.8) is 0 Å². The molecule has 2 aromatic rings. The summed E-state index contributed by atoms with van der Waals surface area (Å²) in [6.07, 6.45) is 4.82. The van der Waals surface area contributed by atoms with E-state index in [1.807, 2.05) is 12.1 Å². The molecule has 6 heteroatoms. The van der Waals surface area contributed by atoms with Crippen molar-refractivity contribution in [2.75, 3.05) is 43.4 Å². The normalized spacial score (nSPS) is 16.3. The smallest absolute Gasteiger partial charge is 0.147 e. The maximum Gasteiger partial charge on any atom is 0.147 e. The van der Waals surface area contributed by atoms with Crippen molar-refractivity contribution in [3.05, 3.63) is 24.5 Å². The van der Waals surface area contributed by atoms with Gasteiger partial charge in [-0.1, -0.05) is 6.92 Å². The lowest BCUT2D eigenvalue weighted by Crippen LogP contribution is -2.46. The molecule has 1 saturated heterocycles. The Kier molecular flexibility index (Phi) is 4.36. The monoisotopic (exact) mass is 303 g/mol. The van der Waals surface area contributed by atoms with Gasteiger partial charge in [0.25, 0.3) is 0 Å². The van der Waals surface area contributed by atoms with E-state index in [1.165, 1.54) is 29.5 Å². The zero-order valence-corrected chi connectivity index (χ0v) is 13.1. The highest BCUT2D eigenvalue weighted by Gasteiger charge is 2.23. The van der Waals surface area contributed by atoms with Gasteiger partial charge in [0.15, 0.2) is 0 Å². The van der Waals surface area contributed by atoms with Crippen molar-refractivity contribution >= 4 is 22.4 Å². The first-order valence-electron chi connectivity index (χ1n) is 7.42. The Morgan fingerprint density at radius 3 is 2.57 bits per heavy atom. The SMILES string of the molecule is CCCN1CCN(c2snc(N)c2-c2ccncc2)CC1. The van der Waals surface area contributed by atoms with Crippen LogP contribution in [0.5, 0.6) is 0 Å². The van der Waals surface area contributed by atoms with Gasteiger partial charge in [-0.25, -0.2) is 0 Å². The summed E-state index contributed by atoms with van der Waals surface area (Å²) < 4.78 is 4.37. The van der Waals surface area contributed by atoms with Crippen LogP contribution in [-0.2, 0) is 0 Å². The van der Waals surface area contributed by atoms with Gasteiger partial charge in [0.05, 0.1) is 5.56 Å². The Balaban J connectivity index is 1.81. The van der Waals surface area contributed by atoms with Gasteiger partial charge in [0, 0.05) is 38.6 Å². The third-order valence-corrected chi connectivity index (χ3v) is 4.79. The molecule has 0 spiro atoms. The van der Waals surface area contributed by atoms with Gasteiger partial charge in [-0.15, -0.1) is 0 Å². The van der Waals surface area contributed by atoms with E-state index in [4.69, 9.17) is 5.73 Å². The third kappa shape index (κ3) is 3.01. The van der Waals surface area contributed by atoms with Gasteiger partial charge in [-0.2, -0.15) is 4.37 Å². The predicted molar refractivity (Wildman–Crippen MR) is 88.7 cm³/mol. The van der Waals surface area contributed by atoms with Crippen LogP contribution >= 0.6 is 11.5 Å². The average molecular weight is 303 g/mol. The standard InChI is InChI=1S/C15H21N5S/c1-2-7-19-8-10-20(11-9-19)15-13(14(16)18-21-15)12-3-5-17-6-4-12/h3-6H,2,7-11H2,1H3,(H2,16,18). The number of hydrogen-bond donors (Lipinski definition) is 1. The van der Waals surface area contributed by atoms with Crippen molar-refractivity contribution in [3.8, 4) is 11.1 Å². The van der Waals surface area contributed by atoms with Gasteiger partial charge in [-0.05, 0) is 42.2 Å². The summed E-state index contributed by atoms with van der Waals surface area (Å²) in [5, 5.41) is 1.19. The summed E-state index contributed by atoms with van der Waals surface area (Å²) in [6.45, 7) is 7.73. The number of hydrogen-bond acceptors (Lipinski definition) is 6. The second-order valence-corrected chi connectivity index (χ2v) is 6.06. The number of aromatic nitrogens is 2. The predicted octanol–water partition coefficient (Wildman–Crippen LogP) is 2.32. The van der Waals surface area contributed by atoms with Crippen molar-refractivity contribution in [2.24, 2.45) is 0 Å². The molecular weight excluding hydrogens is 282 g/mol. The molecule has 0 unspecified atom stereocenters. The van der Waals surface area contributed by atoms with Crippen molar-refractivity contribution in [1.29, 1.82) is 0 Å². The van der Waals surface area contributed by atoms with Crippen LogP contribution in [0.3, 0.4) is 0 Å². The molecule has 0 atom stereocenters. The Hall–Kier alpha value is -1.66. The van der Waals surface area contributed by atoms with Crippen LogP contribution < -0.4 is 10.6 Å². The first-order valence-corrected chi connectivity index (χ1v) is 8.19. The van der Waals surface area contributed by atoms with E-state index in [0.717, 1.165) is 37.3 Å². The molecule has 3 heterocycles. The van der Waals surface area contributed by atoms with Crippen molar-refractivity contribution in [1.82, 2.24) is 14.3 Å². The summed E-state index contributed by atoms with van der Waals surface area (Å²) in [5.41, 5.74) is 8.26. The van der Waals surface area contributed by atoms with Crippen LogP contribution in [0.25, 0.3) is 11.1 Å². The molecule has 0 saturated carbocycles. The summed E-state index contributed by atoms with van der Waals surface area (Å²) in [4.78, 5) is 9.01. The Labute approximate surface area is 129 Å². The number of nitrogens with two attached hydrogens (primary N) is 1. The van der Waals surface area contributed by atoms with E-state index in [2.05, 4.69) is 26.1 Å². The van der Waals surface area contributed by atoms with Crippen LogP contribution in [0, 0.1) is 0 Å². The highest BCUT2D eigenvalue weighted by atomic mass is 32.1. The molecule has 2 aromatic heterocycles. The lowest BCUT2D eigenvalue weighted by molar-refractivity contribution is 0.259. The maximum absolute atomic E-state index is 6.10. The topological polar surface area (TPSA) is 58.3 Å². The van der Waals surface area contributed by atoms with Crippen LogP contribution in [0.15, 0.2) is 24.5 Å². The highest BCUT2D eigenvalue weighted by Crippen LogP contribution is 2.39. The second-order valence-electron chi connectivity index (χ2n) is 5.31. The van der Waals surface area contributed by atoms with Crippen LogP contribution in [-0.4, -0.2) is 47.0 Å². The van der Waals surface area contributed by atoms with Gasteiger partial charge in [0.2, 0.25) is 0 Å². The van der Waals surface area contributed by atoms with Crippen LogP contribution in [0.1, 0.15) is 13.3 Å². The van der Waals surface area contributed by atoms with E-state index in [0.29, 0.717) is 5.82 Å². The Bertz CT molecular complexity index is 575. The lowest BCUT2D eigenvalue weighted by atomic mass is 10.1. The van der Waals surface area contributed by atoms with Gasteiger partial charge >= 0.3 is 0 Å². The average Bonchev–Trinajstić information content (AvgIpc) is 2.91. The van der Waals surface area contributed by atoms with Gasteiger partial charge in [0.1, 0.15) is 10.8 Å². The van der Waals surface area contributed by atoms with E-state index in [1.54, 1.807) is 12.4 Å². The molecule has 0 bridgehead atoms. The number of nitrogens with zero attached hydrogens (tertiary/aromatic N) is 4. The molecule has 112 valence electrons. The molecule has 0 radical (unpaired) electrons. The summed E-state index contributed by atoms with van der Waals surface area (Å²) in [5.74, 6) is 0.622. The quantitative estimate of drug-likeness (QED) is 0.939. The maximum atomic E-state index is 6.10. The Morgan fingerprint density at radius 2 is 1.90 bits per heavy atom. The molecular formula is C15H21N5S. The number of pyridine rings is 1. The fraction of sp³-hybridized carbons (Fsp3) is 0.467. The number of piperazine rings is 1. The minimum absolute atomic E-state index is 0.622. The molecule has 0 amide bonds. The number of anilines is 2. The lowest BCUT2D eigenvalue weighted by Gasteiger charge is -2.35. The van der Waals surface area contributed by atoms with Crippen LogP contribution in [0.2, 0.25) is 0 Å². The largest absolute Gasteiger partial charge is 0.382 e. The summed E-state index contributed by atoms with van der Waals surface area (Å²) in [6, 6.07) is 3.99. The van der Waals surface area contributed by atoms with Crippen molar-refractivity contribution in [2.45, 2.75) is 13.3 Å². The Morgan fingerprint density at radius 1 is 1.19 bits per heavy atom. The van der Waals surface area contributed by atoms with E-state index >= 15 is 0 Å². The number of rotatable bonds is 4. The van der Waals surface area contributed by atoms with Crippen LogP contribution in [0.4, 0.5) is 10.8 Å². The second kappa shape index (κ2) is 6.41. The zero-order valence-electron chi connectivity index (χ0n) is 12.3. The van der Waals surface area contributed by atoms with E-state index in [9.17, 15) is 0 Å². The first-order chi connectivity index (χ1) is 10.3. The minimum Gasteiger partial charge on any atom is -0.382 e. The molecule has 0 aromatic carbocycles. The molecule has 21 heavy (non-hydrogen) atoms.